The SMILES string of the molecule is COc1ccc(C2/C(=C(\O)c3ccc4c(c3)OCCO4)C(=O)C(=O)N2Cc2ccco2)cc1. The number of ketones is 1. The first-order valence-corrected chi connectivity index (χ1v) is 10.4. The van der Waals surface area contributed by atoms with Gasteiger partial charge in [-0.2, -0.15) is 0 Å². The number of furan rings is 1. The second-order valence-corrected chi connectivity index (χ2v) is 7.64. The monoisotopic (exact) mass is 447 g/mol. The van der Waals surface area contributed by atoms with Crippen molar-refractivity contribution in [3.05, 3.63) is 83.3 Å². The predicted molar refractivity (Wildman–Crippen MR) is 117 cm³/mol. The van der Waals surface area contributed by atoms with E-state index in [9.17, 15) is 14.7 Å². The standard InChI is InChI=1S/C25H21NO7/c1-30-17-7-4-15(5-8-17)22-21(24(28)25(29)26(22)14-18-3-2-10-31-18)23(27)16-6-9-19-20(13-16)33-12-11-32-19/h2-10,13,22,27H,11-12,14H2,1H3/b23-21+. The normalized spacial score (nSPS) is 19.1. The van der Waals surface area contributed by atoms with Gasteiger partial charge in [0.1, 0.15) is 30.5 Å². The van der Waals surface area contributed by atoms with Crippen molar-refractivity contribution >= 4 is 17.4 Å². The molecule has 1 unspecified atom stereocenters. The van der Waals surface area contributed by atoms with Crippen LogP contribution in [0.3, 0.4) is 0 Å². The number of hydrogen-bond acceptors (Lipinski definition) is 7. The molecule has 2 aromatic carbocycles. The van der Waals surface area contributed by atoms with Crippen LogP contribution in [-0.2, 0) is 16.1 Å². The van der Waals surface area contributed by atoms with Gasteiger partial charge in [-0.15, -0.1) is 0 Å². The number of hydrogen-bond donors (Lipinski definition) is 1. The molecule has 0 spiro atoms. The van der Waals surface area contributed by atoms with E-state index in [1.165, 1.54) is 11.2 Å². The summed E-state index contributed by atoms with van der Waals surface area (Å²) >= 11 is 0. The van der Waals surface area contributed by atoms with Crippen molar-refractivity contribution in [1.82, 2.24) is 4.90 Å². The largest absolute Gasteiger partial charge is 0.507 e. The average molecular weight is 447 g/mol. The second kappa shape index (κ2) is 8.38. The molecule has 33 heavy (non-hydrogen) atoms. The Bertz CT molecular complexity index is 1230. The minimum atomic E-state index is -0.811. The zero-order chi connectivity index (χ0) is 22.9. The van der Waals surface area contributed by atoms with Crippen LogP contribution in [0.2, 0.25) is 0 Å². The van der Waals surface area contributed by atoms with Gasteiger partial charge >= 0.3 is 0 Å². The number of benzene rings is 2. The molecule has 0 radical (unpaired) electrons. The van der Waals surface area contributed by atoms with Gasteiger partial charge in [0.05, 0.1) is 31.5 Å². The Balaban J connectivity index is 1.62. The van der Waals surface area contributed by atoms with E-state index in [0.29, 0.717) is 47.3 Å². The highest BCUT2D eigenvalue weighted by atomic mass is 16.6. The number of ether oxygens (including phenoxy) is 3. The van der Waals surface area contributed by atoms with Gasteiger partial charge in [0.15, 0.2) is 11.5 Å². The molecule has 0 aliphatic carbocycles. The van der Waals surface area contributed by atoms with Crippen LogP contribution >= 0.6 is 0 Å². The minimum absolute atomic E-state index is 0.00611. The summed E-state index contributed by atoms with van der Waals surface area (Å²) in [5, 5.41) is 11.2. The fraction of sp³-hybridized carbons (Fsp3) is 0.200. The smallest absolute Gasteiger partial charge is 0.296 e. The molecule has 168 valence electrons. The Morgan fingerprint density at radius 3 is 2.52 bits per heavy atom. The summed E-state index contributed by atoms with van der Waals surface area (Å²) in [6, 6.07) is 14.6. The summed E-state index contributed by atoms with van der Waals surface area (Å²) in [6.45, 7) is 0.899. The molecule has 5 rings (SSSR count). The average Bonchev–Trinajstić information content (AvgIpc) is 3.46. The fourth-order valence-corrected chi connectivity index (χ4v) is 4.09. The molecule has 1 fully saturated rings. The van der Waals surface area contributed by atoms with E-state index in [2.05, 4.69) is 0 Å². The van der Waals surface area contributed by atoms with Crippen molar-refractivity contribution in [1.29, 1.82) is 0 Å². The van der Waals surface area contributed by atoms with E-state index in [0.717, 1.165) is 0 Å². The highest BCUT2D eigenvalue weighted by Gasteiger charge is 2.46. The van der Waals surface area contributed by atoms with Crippen molar-refractivity contribution in [2.45, 2.75) is 12.6 Å². The van der Waals surface area contributed by atoms with E-state index in [1.54, 1.807) is 61.7 Å². The van der Waals surface area contributed by atoms with Gasteiger partial charge in [-0.25, -0.2) is 0 Å². The number of aliphatic hydroxyl groups excluding tert-OH is 1. The molecule has 2 aliphatic heterocycles. The lowest BCUT2D eigenvalue weighted by Gasteiger charge is -2.25. The first kappa shape index (κ1) is 20.7. The van der Waals surface area contributed by atoms with E-state index in [1.807, 2.05) is 0 Å². The van der Waals surface area contributed by atoms with Crippen LogP contribution in [0, 0.1) is 0 Å². The number of carbonyl (C=O) groups excluding carboxylic acids is 2. The van der Waals surface area contributed by atoms with E-state index >= 15 is 0 Å². The maximum absolute atomic E-state index is 13.1. The van der Waals surface area contributed by atoms with Crippen molar-refractivity contribution in [3.8, 4) is 17.2 Å². The van der Waals surface area contributed by atoms with Crippen LogP contribution in [0.25, 0.3) is 5.76 Å². The maximum atomic E-state index is 13.1. The van der Waals surface area contributed by atoms with Crippen LogP contribution in [0.1, 0.15) is 22.9 Å². The van der Waals surface area contributed by atoms with Gasteiger partial charge < -0.3 is 28.6 Å². The molecule has 8 nitrogen and oxygen atoms in total. The Hall–Kier alpha value is -4.20. The lowest BCUT2D eigenvalue weighted by molar-refractivity contribution is -0.140. The van der Waals surface area contributed by atoms with Crippen LogP contribution in [0.15, 0.2) is 70.9 Å². The van der Waals surface area contributed by atoms with Crippen molar-refractivity contribution in [2.75, 3.05) is 20.3 Å². The molecule has 1 amide bonds. The summed E-state index contributed by atoms with van der Waals surface area (Å²) in [5.74, 6) is 0.413. The number of nitrogens with zero attached hydrogens (tertiary/aromatic N) is 1. The lowest BCUT2D eigenvalue weighted by Crippen LogP contribution is -2.29. The van der Waals surface area contributed by atoms with E-state index in [-0.39, 0.29) is 17.9 Å². The molecule has 3 heterocycles. The highest BCUT2D eigenvalue weighted by Crippen LogP contribution is 2.42. The summed E-state index contributed by atoms with van der Waals surface area (Å²) in [4.78, 5) is 27.6. The van der Waals surface area contributed by atoms with Gasteiger partial charge in [0, 0.05) is 5.56 Å². The Kier molecular flexibility index (Phi) is 5.26. The van der Waals surface area contributed by atoms with Crippen molar-refractivity contribution in [3.63, 3.8) is 0 Å². The molecule has 0 bridgehead atoms. The number of methoxy groups -OCH3 is 1. The van der Waals surface area contributed by atoms with Crippen LogP contribution in [0.4, 0.5) is 0 Å². The number of rotatable bonds is 5. The summed E-state index contributed by atoms with van der Waals surface area (Å²) in [7, 11) is 1.56. The second-order valence-electron chi connectivity index (χ2n) is 7.64. The molecule has 8 heteroatoms. The Morgan fingerprint density at radius 2 is 1.82 bits per heavy atom. The third-order valence-electron chi connectivity index (χ3n) is 5.69. The highest BCUT2D eigenvalue weighted by molar-refractivity contribution is 6.46. The van der Waals surface area contributed by atoms with E-state index < -0.39 is 17.7 Å². The molecule has 0 saturated carbocycles. The zero-order valence-corrected chi connectivity index (χ0v) is 17.8. The van der Waals surface area contributed by atoms with Gasteiger partial charge in [-0.05, 0) is 48.0 Å². The molecular formula is C25H21NO7. The summed E-state index contributed by atoms with van der Waals surface area (Å²) in [5.41, 5.74) is 1.00. The Morgan fingerprint density at radius 1 is 1.06 bits per heavy atom. The number of likely N-dealkylation sites (tertiary alicyclic amines) is 1. The molecule has 2 aliphatic rings. The molecule has 3 aromatic rings. The topological polar surface area (TPSA) is 98.4 Å². The van der Waals surface area contributed by atoms with Crippen molar-refractivity contribution in [2.24, 2.45) is 0 Å². The van der Waals surface area contributed by atoms with Crippen molar-refractivity contribution < 1.29 is 33.3 Å². The number of aliphatic hydroxyl groups is 1. The maximum Gasteiger partial charge on any atom is 0.296 e. The summed E-state index contributed by atoms with van der Waals surface area (Å²) < 4.78 is 21.8. The van der Waals surface area contributed by atoms with Gasteiger partial charge in [-0.1, -0.05) is 12.1 Å². The summed E-state index contributed by atoms with van der Waals surface area (Å²) in [6.07, 6.45) is 1.50. The van der Waals surface area contributed by atoms with Gasteiger partial charge in [0.25, 0.3) is 11.7 Å². The van der Waals surface area contributed by atoms with Crippen LogP contribution < -0.4 is 14.2 Å². The number of amides is 1. The fourth-order valence-electron chi connectivity index (χ4n) is 4.09. The molecule has 1 aromatic heterocycles. The third kappa shape index (κ3) is 3.69. The number of Topliss-reactive ketones (excluding diaryl/α,β-unsaturated/α-hetero) is 1. The quantitative estimate of drug-likeness (QED) is 0.362. The zero-order valence-electron chi connectivity index (χ0n) is 17.8. The van der Waals surface area contributed by atoms with Crippen LogP contribution in [-0.4, -0.2) is 42.0 Å². The van der Waals surface area contributed by atoms with Crippen LogP contribution in [0.5, 0.6) is 17.2 Å². The Labute approximate surface area is 189 Å². The molecule has 1 saturated heterocycles. The first-order valence-electron chi connectivity index (χ1n) is 10.4. The van der Waals surface area contributed by atoms with Gasteiger partial charge in [-0.3, -0.25) is 9.59 Å². The number of carbonyl (C=O) groups is 2. The molecule has 1 atom stereocenters. The molecular weight excluding hydrogens is 426 g/mol. The van der Waals surface area contributed by atoms with E-state index in [4.69, 9.17) is 18.6 Å². The lowest BCUT2D eigenvalue weighted by atomic mass is 9.95. The molecule has 1 N–H and O–H groups in total. The number of fused-ring (bicyclic) bond motifs is 1. The predicted octanol–water partition coefficient (Wildman–Crippen LogP) is 3.68. The first-order chi connectivity index (χ1) is 16.1. The minimum Gasteiger partial charge on any atom is -0.507 e. The third-order valence-corrected chi connectivity index (χ3v) is 5.69. The van der Waals surface area contributed by atoms with Gasteiger partial charge in [0.2, 0.25) is 0 Å².